The highest BCUT2D eigenvalue weighted by molar-refractivity contribution is 7.12. The second-order valence-corrected chi connectivity index (χ2v) is 5.47. The van der Waals surface area contributed by atoms with Gasteiger partial charge in [0, 0.05) is 16.5 Å². The molecular formula is C13H15N3O3S. The van der Waals surface area contributed by atoms with Gasteiger partial charge in [-0.2, -0.15) is 0 Å². The average Bonchev–Trinajstić information content (AvgIpc) is 2.79. The summed E-state index contributed by atoms with van der Waals surface area (Å²) in [6, 6.07) is 4.86. The third-order valence-electron chi connectivity index (χ3n) is 2.82. The number of nitro groups is 1. The van der Waals surface area contributed by atoms with Crippen LogP contribution in [0.3, 0.4) is 0 Å². The molecule has 0 spiro atoms. The first kappa shape index (κ1) is 14.4. The number of hydrogen-bond acceptors (Lipinski definition) is 6. The molecule has 0 atom stereocenters. The summed E-state index contributed by atoms with van der Waals surface area (Å²) in [6.45, 7) is 2.43. The summed E-state index contributed by atoms with van der Waals surface area (Å²) in [5.41, 5.74) is 7.01. The van der Waals surface area contributed by atoms with E-state index in [2.05, 4.69) is 4.98 Å². The van der Waals surface area contributed by atoms with Gasteiger partial charge in [0.1, 0.15) is 0 Å². The first-order chi connectivity index (χ1) is 9.56. The van der Waals surface area contributed by atoms with Gasteiger partial charge in [-0.05, 0) is 32.0 Å². The number of thiazole rings is 1. The zero-order valence-corrected chi connectivity index (χ0v) is 12.1. The van der Waals surface area contributed by atoms with Gasteiger partial charge in [-0.25, -0.2) is 4.98 Å². The second-order valence-electron chi connectivity index (χ2n) is 4.19. The molecule has 1 aromatic heterocycles. The summed E-state index contributed by atoms with van der Waals surface area (Å²) >= 11 is 1.57. The molecule has 0 radical (unpaired) electrons. The van der Waals surface area contributed by atoms with Crippen molar-refractivity contribution in [2.45, 2.75) is 13.3 Å². The van der Waals surface area contributed by atoms with Gasteiger partial charge in [-0.3, -0.25) is 10.1 Å². The van der Waals surface area contributed by atoms with E-state index in [1.165, 1.54) is 13.2 Å². The molecule has 1 heterocycles. The maximum Gasteiger partial charge on any atom is 0.311 e. The molecule has 2 rings (SSSR count). The summed E-state index contributed by atoms with van der Waals surface area (Å²) < 4.78 is 5.00. The summed E-state index contributed by atoms with van der Waals surface area (Å²) in [7, 11) is 1.41. The van der Waals surface area contributed by atoms with Crippen molar-refractivity contribution in [1.29, 1.82) is 0 Å². The lowest BCUT2D eigenvalue weighted by Gasteiger charge is -2.05. The molecule has 0 saturated carbocycles. The molecule has 20 heavy (non-hydrogen) atoms. The van der Waals surface area contributed by atoms with E-state index in [1.807, 2.05) is 6.92 Å². The fraction of sp³-hybridized carbons (Fsp3) is 0.308. The molecule has 0 unspecified atom stereocenters. The van der Waals surface area contributed by atoms with Crippen molar-refractivity contribution in [3.8, 4) is 17.0 Å². The summed E-state index contributed by atoms with van der Waals surface area (Å²) in [5, 5.41) is 12.0. The fourth-order valence-corrected chi connectivity index (χ4v) is 2.95. The smallest absolute Gasteiger partial charge is 0.311 e. The Morgan fingerprint density at radius 3 is 2.85 bits per heavy atom. The number of aryl methyl sites for hydroxylation is 1. The Labute approximate surface area is 120 Å². The molecule has 0 bridgehead atoms. The lowest BCUT2D eigenvalue weighted by atomic mass is 10.1. The number of nitrogens with two attached hydrogens (primary N) is 1. The Hall–Kier alpha value is -1.99. The van der Waals surface area contributed by atoms with Crippen molar-refractivity contribution < 1.29 is 9.66 Å². The van der Waals surface area contributed by atoms with Crippen molar-refractivity contribution in [2.24, 2.45) is 5.73 Å². The topological polar surface area (TPSA) is 91.3 Å². The van der Waals surface area contributed by atoms with Gasteiger partial charge in [-0.1, -0.05) is 0 Å². The van der Waals surface area contributed by atoms with Gasteiger partial charge in [-0.15, -0.1) is 11.3 Å². The van der Waals surface area contributed by atoms with E-state index in [0.29, 0.717) is 18.5 Å². The van der Waals surface area contributed by atoms with E-state index >= 15 is 0 Å². The number of rotatable bonds is 5. The number of nitrogens with zero attached hydrogens (tertiary/aromatic N) is 2. The lowest BCUT2D eigenvalue weighted by molar-refractivity contribution is -0.385. The van der Waals surface area contributed by atoms with Gasteiger partial charge in [0.15, 0.2) is 5.75 Å². The molecule has 0 aliphatic rings. The van der Waals surface area contributed by atoms with Crippen LogP contribution in [0.4, 0.5) is 5.69 Å². The Kier molecular flexibility index (Phi) is 4.31. The SMILES string of the molecule is COc1ccc(-c2nc(C)sc2CCN)cc1[N+](=O)[O-]. The van der Waals surface area contributed by atoms with Gasteiger partial charge >= 0.3 is 5.69 Å². The minimum atomic E-state index is -0.454. The molecule has 0 amide bonds. The fourth-order valence-electron chi connectivity index (χ4n) is 1.98. The number of hydrogen-bond donors (Lipinski definition) is 1. The van der Waals surface area contributed by atoms with E-state index in [-0.39, 0.29) is 11.4 Å². The van der Waals surface area contributed by atoms with Crippen molar-refractivity contribution in [3.05, 3.63) is 38.2 Å². The van der Waals surface area contributed by atoms with E-state index in [0.717, 1.165) is 15.6 Å². The van der Waals surface area contributed by atoms with Crippen molar-refractivity contribution in [1.82, 2.24) is 4.98 Å². The highest BCUT2D eigenvalue weighted by Gasteiger charge is 2.18. The predicted octanol–water partition coefficient (Wildman–Crippen LogP) is 2.54. The minimum absolute atomic E-state index is 0.0608. The van der Waals surface area contributed by atoms with Crippen molar-refractivity contribution >= 4 is 17.0 Å². The third kappa shape index (κ3) is 2.78. The van der Waals surface area contributed by atoms with Crippen LogP contribution < -0.4 is 10.5 Å². The number of ether oxygens (including phenoxy) is 1. The number of benzene rings is 1. The summed E-state index contributed by atoms with van der Waals surface area (Å²) in [4.78, 5) is 16.1. The average molecular weight is 293 g/mol. The molecular weight excluding hydrogens is 278 g/mol. The van der Waals surface area contributed by atoms with E-state index < -0.39 is 4.92 Å². The van der Waals surface area contributed by atoms with Crippen LogP contribution in [0, 0.1) is 17.0 Å². The quantitative estimate of drug-likeness (QED) is 0.675. The standard InChI is InChI=1S/C13H15N3O3S/c1-8-15-13(12(20-8)5-6-14)9-3-4-11(19-2)10(7-9)16(17)18/h3-4,7H,5-6,14H2,1-2H3. The number of aromatic nitrogens is 1. The number of nitro benzene ring substituents is 1. The van der Waals surface area contributed by atoms with Gasteiger partial charge in [0.2, 0.25) is 0 Å². The molecule has 0 aliphatic heterocycles. The Morgan fingerprint density at radius 2 is 2.25 bits per heavy atom. The summed E-state index contributed by atoms with van der Waals surface area (Å²) in [5.74, 6) is 0.242. The molecule has 0 saturated heterocycles. The lowest BCUT2D eigenvalue weighted by Crippen LogP contribution is -2.02. The van der Waals surface area contributed by atoms with Crippen LogP contribution >= 0.6 is 11.3 Å². The summed E-state index contributed by atoms with van der Waals surface area (Å²) in [6.07, 6.45) is 0.709. The normalized spacial score (nSPS) is 10.6. The van der Waals surface area contributed by atoms with Crippen molar-refractivity contribution in [2.75, 3.05) is 13.7 Å². The molecule has 7 heteroatoms. The van der Waals surface area contributed by atoms with E-state index in [9.17, 15) is 10.1 Å². The maximum absolute atomic E-state index is 11.1. The monoisotopic (exact) mass is 293 g/mol. The highest BCUT2D eigenvalue weighted by atomic mass is 32.1. The molecule has 2 N–H and O–H groups in total. The van der Waals surface area contributed by atoms with Crippen LogP contribution in [-0.2, 0) is 6.42 Å². The Balaban J connectivity index is 2.53. The second kappa shape index (κ2) is 5.98. The maximum atomic E-state index is 11.1. The predicted molar refractivity (Wildman–Crippen MR) is 78.3 cm³/mol. The molecule has 6 nitrogen and oxygen atoms in total. The first-order valence-electron chi connectivity index (χ1n) is 6.06. The Morgan fingerprint density at radius 1 is 1.50 bits per heavy atom. The van der Waals surface area contributed by atoms with Gasteiger partial charge in [0.25, 0.3) is 0 Å². The molecule has 0 fully saturated rings. The largest absolute Gasteiger partial charge is 0.490 e. The van der Waals surface area contributed by atoms with E-state index in [1.54, 1.807) is 23.5 Å². The zero-order chi connectivity index (χ0) is 14.7. The molecule has 1 aromatic carbocycles. The van der Waals surface area contributed by atoms with E-state index in [4.69, 9.17) is 10.5 Å². The van der Waals surface area contributed by atoms with Crippen molar-refractivity contribution in [3.63, 3.8) is 0 Å². The zero-order valence-electron chi connectivity index (χ0n) is 11.3. The number of methoxy groups -OCH3 is 1. The minimum Gasteiger partial charge on any atom is -0.490 e. The molecule has 2 aromatic rings. The van der Waals surface area contributed by atoms with Crippen LogP contribution in [0.5, 0.6) is 5.75 Å². The van der Waals surface area contributed by atoms with Gasteiger partial charge < -0.3 is 10.5 Å². The highest BCUT2D eigenvalue weighted by Crippen LogP contribution is 2.34. The van der Waals surface area contributed by atoms with Crippen LogP contribution in [0.1, 0.15) is 9.88 Å². The molecule has 0 aliphatic carbocycles. The first-order valence-corrected chi connectivity index (χ1v) is 6.87. The third-order valence-corrected chi connectivity index (χ3v) is 3.86. The van der Waals surface area contributed by atoms with Crippen LogP contribution in [0.25, 0.3) is 11.3 Å². The van der Waals surface area contributed by atoms with Gasteiger partial charge in [0.05, 0.1) is 22.7 Å². The van der Waals surface area contributed by atoms with Crippen LogP contribution in [-0.4, -0.2) is 23.6 Å². The van der Waals surface area contributed by atoms with Crippen LogP contribution in [0.15, 0.2) is 18.2 Å². The molecule has 106 valence electrons. The Bertz CT molecular complexity index is 640. The van der Waals surface area contributed by atoms with Crippen LogP contribution in [0.2, 0.25) is 0 Å².